The van der Waals surface area contributed by atoms with Gasteiger partial charge >= 0.3 is 0 Å². The molecule has 0 radical (unpaired) electrons. The first-order valence-electron chi connectivity index (χ1n) is 7.07. The van der Waals surface area contributed by atoms with Gasteiger partial charge in [0, 0.05) is 6.54 Å². The lowest BCUT2D eigenvalue weighted by atomic mass is 10.1. The SMILES string of the molecule is CCCNC(=O)/C(C#N)=C\c1cc(OC)c2c(c1)OCCO2. The van der Waals surface area contributed by atoms with E-state index in [9.17, 15) is 4.79 Å². The highest BCUT2D eigenvalue weighted by atomic mass is 16.6. The van der Waals surface area contributed by atoms with Crippen LogP contribution in [0.4, 0.5) is 0 Å². The topological polar surface area (TPSA) is 80.6 Å². The summed E-state index contributed by atoms with van der Waals surface area (Å²) in [7, 11) is 1.53. The second kappa shape index (κ2) is 7.36. The molecule has 1 aliphatic rings. The van der Waals surface area contributed by atoms with Gasteiger partial charge in [0.1, 0.15) is 24.9 Å². The minimum absolute atomic E-state index is 0.0344. The number of hydrogen-bond donors (Lipinski definition) is 1. The molecule has 0 aliphatic carbocycles. The van der Waals surface area contributed by atoms with Crippen molar-refractivity contribution in [3.8, 4) is 23.3 Å². The fourth-order valence-electron chi connectivity index (χ4n) is 2.03. The molecule has 2 rings (SSSR count). The predicted octanol–water partition coefficient (Wildman–Crippen LogP) is 1.90. The predicted molar refractivity (Wildman–Crippen MR) is 80.9 cm³/mol. The van der Waals surface area contributed by atoms with E-state index >= 15 is 0 Å². The van der Waals surface area contributed by atoms with Gasteiger partial charge in [-0.1, -0.05) is 6.92 Å². The van der Waals surface area contributed by atoms with Gasteiger partial charge in [-0.2, -0.15) is 5.26 Å². The number of nitrogens with zero attached hydrogens (tertiary/aromatic N) is 1. The molecule has 22 heavy (non-hydrogen) atoms. The molecule has 1 aromatic rings. The average Bonchev–Trinajstić information content (AvgIpc) is 2.56. The zero-order chi connectivity index (χ0) is 15.9. The molecule has 0 aromatic heterocycles. The van der Waals surface area contributed by atoms with Gasteiger partial charge < -0.3 is 19.5 Å². The van der Waals surface area contributed by atoms with E-state index in [4.69, 9.17) is 19.5 Å². The van der Waals surface area contributed by atoms with Gasteiger partial charge in [0.15, 0.2) is 11.5 Å². The van der Waals surface area contributed by atoms with Crippen molar-refractivity contribution >= 4 is 12.0 Å². The number of ether oxygens (including phenoxy) is 3. The summed E-state index contributed by atoms with van der Waals surface area (Å²) < 4.78 is 16.3. The molecule has 1 heterocycles. The van der Waals surface area contributed by atoms with E-state index in [2.05, 4.69) is 5.32 Å². The fraction of sp³-hybridized carbons (Fsp3) is 0.375. The van der Waals surface area contributed by atoms with Crippen molar-refractivity contribution in [1.82, 2.24) is 5.32 Å². The Bertz CT molecular complexity index is 615. The van der Waals surface area contributed by atoms with E-state index in [0.717, 1.165) is 6.42 Å². The number of hydrogen-bond acceptors (Lipinski definition) is 5. The number of rotatable bonds is 5. The summed E-state index contributed by atoms with van der Waals surface area (Å²) in [6.07, 6.45) is 2.31. The van der Waals surface area contributed by atoms with Crippen LogP contribution < -0.4 is 19.5 Å². The number of amides is 1. The van der Waals surface area contributed by atoms with E-state index < -0.39 is 5.91 Å². The number of nitrogens with one attached hydrogen (secondary N) is 1. The normalized spacial score (nSPS) is 13.2. The Morgan fingerprint density at radius 1 is 1.45 bits per heavy atom. The molecule has 1 amide bonds. The van der Waals surface area contributed by atoms with E-state index in [1.165, 1.54) is 13.2 Å². The molecule has 6 heteroatoms. The summed E-state index contributed by atoms with van der Waals surface area (Å²) in [6.45, 7) is 3.39. The zero-order valence-electron chi connectivity index (χ0n) is 12.6. The fourth-order valence-corrected chi connectivity index (χ4v) is 2.03. The number of methoxy groups -OCH3 is 1. The molecule has 0 unspecified atom stereocenters. The van der Waals surface area contributed by atoms with Crippen LogP contribution in [-0.2, 0) is 4.79 Å². The molecule has 6 nitrogen and oxygen atoms in total. The molecule has 116 valence electrons. The Hall–Kier alpha value is -2.68. The molecule has 0 fully saturated rings. The largest absolute Gasteiger partial charge is 0.493 e. The van der Waals surface area contributed by atoms with Gasteiger partial charge in [-0.05, 0) is 30.2 Å². The molecule has 1 aliphatic heterocycles. The van der Waals surface area contributed by atoms with E-state index in [-0.39, 0.29) is 5.57 Å². The molecule has 1 aromatic carbocycles. The first-order valence-corrected chi connectivity index (χ1v) is 7.07. The molecule has 0 spiro atoms. The Morgan fingerprint density at radius 3 is 2.91 bits per heavy atom. The number of benzene rings is 1. The van der Waals surface area contributed by atoms with Crippen LogP contribution in [0.25, 0.3) is 6.08 Å². The second-order valence-electron chi connectivity index (χ2n) is 4.67. The van der Waals surface area contributed by atoms with Crippen LogP contribution >= 0.6 is 0 Å². The minimum Gasteiger partial charge on any atom is -0.493 e. The monoisotopic (exact) mass is 302 g/mol. The maximum absolute atomic E-state index is 11.9. The number of fused-ring (bicyclic) bond motifs is 1. The van der Waals surface area contributed by atoms with Crippen LogP contribution in [0.3, 0.4) is 0 Å². The van der Waals surface area contributed by atoms with Crippen LogP contribution in [-0.4, -0.2) is 32.8 Å². The molecule has 1 N–H and O–H groups in total. The molecular weight excluding hydrogens is 284 g/mol. The number of nitriles is 1. The Labute approximate surface area is 129 Å². The minimum atomic E-state index is -0.391. The van der Waals surface area contributed by atoms with Crippen molar-refractivity contribution in [2.45, 2.75) is 13.3 Å². The van der Waals surface area contributed by atoms with E-state index in [0.29, 0.717) is 42.6 Å². The van der Waals surface area contributed by atoms with Crippen LogP contribution in [0.15, 0.2) is 17.7 Å². The third-order valence-electron chi connectivity index (χ3n) is 3.06. The lowest BCUT2D eigenvalue weighted by Crippen LogP contribution is -2.25. The van der Waals surface area contributed by atoms with Gasteiger partial charge in [0.05, 0.1) is 7.11 Å². The first kappa shape index (κ1) is 15.7. The first-order chi connectivity index (χ1) is 10.7. The highest BCUT2D eigenvalue weighted by Crippen LogP contribution is 2.40. The van der Waals surface area contributed by atoms with Gasteiger partial charge in [-0.25, -0.2) is 0 Å². The highest BCUT2D eigenvalue weighted by Gasteiger charge is 2.18. The van der Waals surface area contributed by atoms with Crippen molar-refractivity contribution in [2.75, 3.05) is 26.9 Å². The summed E-state index contributed by atoms with van der Waals surface area (Å²) in [5, 5.41) is 11.8. The van der Waals surface area contributed by atoms with Crippen molar-refractivity contribution in [3.63, 3.8) is 0 Å². The summed E-state index contributed by atoms with van der Waals surface area (Å²) in [5.74, 6) is 1.20. The lowest BCUT2D eigenvalue weighted by molar-refractivity contribution is -0.117. The Morgan fingerprint density at radius 2 is 2.23 bits per heavy atom. The standard InChI is InChI=1S/C16H18N2O4/c1-3-4-18-16(19)12(10-17)7-11-8-13(20-2)15-14(9-11)21-5-6-22-15/h7-9H,3-6H2,1-2H3,(H,18,19)/b12-7-. The summed E-state index contributed by atoms with van der Waals surface area (Å²) in [5.41, 5.74) is 0.677. The number of carbonyl (C=O) groups excluding carboxylic acids is 1. The van der Waals surface area contributed by atoms with Crippen LogP contribution in [0.1, 0.15) is 18.9 Å². The van der Waals surface area contributed by atoms with Gasteiger partial charge in [-0.15, -0.1) is 0 Å². The lowest BCUT2D eigenvalue weighted by Gasteiger charge is -2.21. The maximum Gasteiger partial charge on any atom is 0.261 e. The van der Waals surface area contributed by atoms with Gasteiger partial charge in [0.25, 0.3) is 5.91 Å². The smallest absolute Gasteiger partial charge is 0.261 e. The zero-order valence-corrected chi connectivity index (χ0v) is 12.6. The average molecular weight is 302 g/mol. The van der Waals surface area contributed by atoms with Crippen molar-refractivity contribution in [1.29, 1.82) is 5.26 Å². The van der Waals surface area contributed by atoms with E-state index in [1.54, 1.807) is 12.1 Å². The second-order valence-corrected chi connectivity index (χ2v) is 4.67. The van der Waals surface area contributed by atoms with Crippen molar-refractivity contribution in [2.24, 2.45) is 0 Å². The molecular formula is C16H18N2O4. The molecule has 0 atom stereocenters. The molecule has 0 saturated carbocycles. The van der Waals surface area contributed by atoms with Crippen molar-refractivity contribution < 1.29 is 19.0 Å². The van der Waals surface area contributed by atoms with E-state index in [1.807, 2.05) is 13.0 Å². The summed E-state index contributed by atoms with van der Waals surface area (Å²) in [4.78, 5) is 11.9. The molecule has 0 saturated heterocycles. The summed E-state index contributed by atoms with van der Waals surface area (Å²) in [6, 6.07) is 5.34. The van der Waals surface area contributed by atoms with Crippen molar-refractivity contribution in [3.05, 3.63) is 23.3 Å². The highest BCUT2D eigenvalue weighted by molar-refractivity contribution is 6.01. The quantitative estimate of drug-likeness (QED) is 0.663. The summed E-state index contributed by atoms with van der Waals surface area (Å²) >= 11 is 0. The van der Waals surface area contributed by atoms with Gasteiger partial charge in [0.2, 0.25) is 5.75 Å². The third kappa shape index (κ3) is 3.50. The molecule has 0 bridgehead atoms. The Balaban J connectivity index is 2.33. The van der Waals surface area contributed by atoms with Crippen LogP contribution in [0.5, 0.6) is 17.2 Å². The van der Waals surface area contributed by atoms with Crippen LogP contribution in [0.2, 0.25) is 0 Å². The van der Waals surface area contributed by atoms with Gasteiger partial charge in [-0.3, -0.25) is 4.79 Å². The van der Waals surface area contributed by atoms with Crippen LogP contribution in [0, 0.1) is 11.3 Å². The maximum atomic E-state index is 11.9. The Kier molecular flexibility index (Phi) is 5.26. The number of carbonyl (C=O) groups is 1. The third-order valence-corrected chi connectivity index (χ3v) is 3.06.